The fraction of sp³-hybridized carbons (Fsp3) is 0.636. The number of aromatic nitrogens is 1. The van der Waals surface area contributed by atoms with Crippen LogP contribution in [0.15, 0.2) is 10.8 Å². The van der Waals surface area contributed by atoms with Crippen molar-refractivity contribution in [3.05, 3.63) is 17.8 Å². The largest absolute Gasteiger partial charge is 0.448 e. The van der Waals surface area contributed by atoms with Crippen molar-refractivity contribution in [2.45, 2.75) is 26.8 Å². The van der Waals surface area contributed by atoms with E-state index in [9.17, 15) is 4.79 Å². The zero-order chi connectivity index (χ0) is 12.7. The molecule has 0 bridgehead atoms. The normalized spacial score (nSPS) is 10.3. The molecule has 96 valence electrons. The fourth-order valence-electron chi connectivity index (χ4n) is 1.47. The number of rotatable bonds is 6. The molecular weight excluding hydrogens is 222 g/mol. The minimum Gasteiger partial charge on any atom is -0.448 e. The Morgan fingerprint density at radius 2 is 2.35 bits per heavy atom. The molecule has 0 aliphatic carbocycles. The lowest BCUT2D eigenvalue weighted by atomic mass is 10.3. The second-order valence-electron chi connectivity index (χ2n) is 3.72. The first-order valence-corrected chi connectivity index (χ1v) is 5.71. The molecule has 1 aromatic rings. The molecule has 1 heterocycles. The second kappa shape index (κ2) is 6.90. The third-order valence-electron chi connectivity index (χ3n) is 2.40. The molecule has 0 unspecified atom stereocenters. The van der Waals surface area contributed by atoms with Crippen LogP contribution in [0.4, 0.5) is 4.79 Å². The summed E-state index contributed by atoms with van der Waals surface area (Å²) in [5, 5.41) is 11.6. The van der Waals surface area contributed by atoms with Gasteiger partial charge in [0.1, 0.15) is 11.5 Å². The number of aliphatic hydroxyl groups is 1. The van der Waals surface area contributed by atoms with Gasteiger partial charge in [0.25, 0.3) is 0 Å². The minimum absolute atomic E-state index is 0.0313. The monoisotopic (exact) mass is 241 g/mol. The van der Waals surface area contributed by atoms with Gasteiger partial charge in [0.15, 0.2) is 6.39 Å². The van der Waals surface area contributed by atoms with E-state index in [1.165, 1.54) is 6.39 Å². The van der Waals surface area contributed by atoms with Crippen LogP contribution < -0.4 is 5.32 Å². The van der Waals surface area contributed by atoms with E-state index in [2.05, 4.69) is 10.3 Å². The van der Waals surface area contributed by atoms with Crippen LogP contribution in [-0.2, 0) is 6.54 Å². The molecular formula is C11H19N3O3. The van der Waals surface area contributed by atoms with Gasteiger partial charge >= 0.3 is 6.03 Å². The summed E-state index contributed by atoms with van der Waals surface area (Å²) >= 11 is 0. The molecule has 0 radical (unpaired) electrons. The van der Waals surface area contributed by atoms with Gasteiger partial charge in [-0.1, -0.05) is 6.92 Å². The van der Waals surface area contributed by atoms with Crippen molar-refractivity contribution in [3.8, 4) is 0 Å². The van der Waals surface area contributed by atoms with Gasteiger partial charge < -0.3 is 19.7 Å². The molecule has 1 aromatic heterocycles. The Labute approximate surface area is 101 Å². The topological polar surface area (TPSA) is 78.6 Å². The Kier molecular flexibility index (Phi) is 5.48. The van der Waals surface area contributed by atoms with Gasteiger partial charge in [0.05, 0.1) is 13.2 Å². The quantitative estimate of drug-likeness (QED) is 0.775. The standard InChI is InChI=1S/C11H19N3O3/c1-3-4-14(5-6-15)11(16)12-7-10-9(2)17-8-13-10/h8,15H,3-7H2,1-2H3,(H,12,16). The van der Waals surface area contributed by atoms with E-state index >= 15 is 0 Å². The van der Waals surface area contributed by atoms with E-state index in [4.69, 9.17) is 9.52 Å². The van der Waals surface area contributed by atoms with E-state index in [1.54, 1.807) is 11.8 Å². The van der Waals surface area contributed by atoms with Crippen LogP contribution in [0.25, 0.3) is 0 Å². The summed E-state index contributed by atoms with van der Waals surface area (Å²) in [5.74, 6) is 0.703. The van der Waals surface area contributed by atoms with Crippen LogP contribution in [-0.4, -0.2) is 40.7 Å². The van der Waals surface area contributed by atoms with Gasteiger partial charge in [-0.15, -0.1) is 0 Å². The lowest BCUT2D eigenvalue weighted by molar-refractivity contribution is 0.177. The number of aryl methyl sites for hydroxylation is 1. The number of hydrogen-bond acceptors (Lipinski definition) is 4. The highest BCUT2D eigenvalue weighted by atomic mass is 16.3. The number of aliphatic hydroxyl groups excluding tert-OH is 1. The Balaban J connectivity index is 2.44. The smallest absolute Gasteiger partial charge is 0.317 e. The molecule has 0 spiro atoms. The molecule has 0 aliphatic heterocycles. The predicted molar refractivity (Wildman–Crippen MR) is 62.4 cm³/mol. The Morgan fingerprint density at radius 1 is 1.59 bits per heavy atom. The van der Waals surface area contributed by atoms with E-state index in [-0.39, 0.29) is 12.6 Å². The van der Waals surface area contributed by atoms with Gasteiger partial charge in [0, 0.05) is 13.1 Å². The first-order chi connectivity index (χ1) is 8.19. The number of amides is 2. The molecule has 0 saturated heterocycles. The highest BCUT2D eigenvalue weighted by Gasteiger charge is 2.12. The first-order valence-electron chi connectivity index (χ1n) is 5.71. The number of nitrogens with one attached hydrogen (secondary N) is 1. The fourth-order valence-corrected chi connectivity index (χ4v) is 1.47. The Hall–Kier alpha value is -1.56. The Bertz CT molecular complexity index is 345. The zero-order valence-corrected chi connectivity index (χ0v) is 10.3. The van der Waals surface area contributed by atoms with Crippen molar-refractivity contribution < 1.29 is 14.3 Å². The van der Waals surface area contributed by atoms with Gasteiger partial charge in [-0.05, 0) is 13.3 Å². The van der Waals surface area contributed by atoms with Gasteiger partial charge in [-0.3, -0.25) is 0 Å². The van der Waals surface area contributed by atoms with Gasteiger partial charge in [0.2, 0.25) is 0 Å². The molecule has 17 heavy (non-hydrogen) atoms. The number of hydrogen-bond donors (Lipinski definition) is 2. The molecule has 0 aliphatic rings. The third kappa shape index (κ3) is 4.07. The molecule has 2 N–H and O–H groups in total. The van der Waals surface area contributed by atoms with E-state index in [0.29, 0.717) is 25.4 Å². The summed E-state index contributed by atoms with van der Waals surface area (Å²) in [6, 6.07) is -0.191. The molecule has 1 rings (SSSR count). The van der Waals surface area contributed by atoms with Crippen LogP contribution in [0.3, 0.4) is 0 Å². The van der Waals surface area contributed by atoms with E-state index in [0.717, 1.165) is 12.1 Å². The number of nitrogens with zero attached hydrogens (tertiary/aromatic N) is 2. The van der Waals surface area contributed by atoms with Gasteiger partial charge in [-0.25, -0.2) is 9.78 Å². The lowest BCUT2D eigenvalue weighted by Crippen LogP contribution is -2.41. The van der Waals surface area contributed by atoms with Crippen molar-refractivity contribution in [2.75, 3.05) is 19.7 Å². The molecule has 0 fully saturated rings. The highest BCUT2D eigenvalue weighted by Crippen LogP contribution is 2.03. The summed E-state index contributed by atoms with van der Waals surface area (Å²) in [7, 11) is 0. The number of carbonyl (C=O) groups is 1. The number of urea groups is 1. The molecule has 0 aromatic carbocycles. The minimum atomic E-state index is -0.191. The molecule has 0 atom stereocenters. The van der Waals surface area contributed by atoms with E-state index in [1.807, 2.05) is 6.92 Å². The van der Waals surface area contributed by atoms with Crippen molar-refractivity contribution in [1.82, 2.24) is 15.2 Å². The molecule has 6 nitrogen and oxygen atoms in total. The molecule has 0 saturated carbocycles. The SMILES string of the molecule is CCCN(CCO)C(=O)NCc1ncoc1C. The summed E-state index contributed by atoms with van der Waals surface area (Å²) in [6.07, 6.45) is 2.21. The van der Waals surface area contributed by atoms with E-state index < -0.39 is 0 Å². The summed E-state index contributed by atoms with van der Waals surface area (Å²) in [6.45, 7) is 5.07. The predicted octanol–water partition coefficient (Wildman–Crippen LogP) is 0.897. The maximum absolute atomic E-state index is 11.8. The molecule has 2 amide bonds. The van der Waals surface area contributed by atoms with Crippen LogP contribution in [0, 0.1) is 6.92 Å². The summed E-state index contributed by atoms with van der Waals surface area (Å²) < 4.78 is 5.04. The van der Waals surface area contributed by atoms with Crippen LogP contribution in [0.5, 0.6) is 0 Å². The highest BCUT2D eigenvalue weighted by molar-refractivity contribution is 5.74. The van der Waals surface area contributed by atoms with Crippen molar-refractivity contribution in [2.24, 2.45) is 0 Å². The van der Waals surface area contributed by atoms with Crippen molar-refractivity contribution in [3.63, 3.8) is 0 Å². The number of carbonyl (C=O) groups excluding carboxylic acids is 1. The maximum atomic E-state index is 11.8. The first kappa shape index (κ1) is 13.5. The van der Waals surface area contributed by atoms with Crippen LogP contribution in [0.1, 0.15) is 24.8 Å². The van der Waals surface area contributed by atoms with Crippen LogP contribution in [0.2, 0.25) is 0 Å². The van der Waals surface area contributed by atoms with Crippen molar-refractivity contribution >= 4 is 6.03 Å². The number of oxazole rings is 1. The molecule has 6 heteroatoms. The lowest BCUT2D eigenvalue weighted by Gasteiger charge is -2.21. The summed E-state index contributed by atoms with van der Waals surface area (Å²) in [4.78, 5) is 17.3. The van der Waals surface area contributed by atoms with Crippen LogP contribution >= 0.6 is 0 Å². The van der Waals surface area contributed by atoms with Crippen molar-refractivity contribution in [1.29, 1.82) is 0 Å². The Morgan fingerprint density at radius 3 is 2.88 bits per heavy atom. The summed E-state index contributed by atoms with van der Waals surface area (Å²) in [5.41, 5.74) is 0.721. The average molecular weight is 241 g/mol. The zero-order valence-electron chi connectivity index (χ0n) is 10.3. The maximum Gasteiger partial charge on any atom is 0.317 e. The third-order valence-corrected chi connectivity index (χ3v) is 2.40. The van der Waals surface area contributed by atoms with Gasteiger partial charge in [-0.2, -0.15) is 0 Å². The average Bonchev–Trinajstić information content (AvgIpc) is 2.71. The second-order valence-corrected chi connectivity index (χ2v) is 3.72.